The summed E-state index contributed by atoms with van der Waals surface area (Å²) in [5.74, 6) is -1.24. The Labute approximate surface area is 224 Å². The van der Waals surface area contributed by atoms with Crippen molar-refractivity contribution in [2.24, 2.45) is 0 Å². The molecule has 0 heterocycles. The van der Waals surface area contributed by atoms with Gasteiger partial charge in [-0.15, -0.1) is 0 Å². The number of methoxy groups -OCH3 is 1. The second kappa shape index (κ2) is 14.6. The highest BCUT2D eigenvalue weighted by molar-refractivity contribution is 8.15. The predicted molar refractivity (Wildman–Crippen MR) is 146 cm³/mol. The molecule has 200 valence electrons. The van der Waals surface area contributed by atoms with Crippen molar-refractivity contribution in [3.8, 4) is 5.75 Å². The summed E-state index contributed by atoms with van der Waals surface area (Å²) in [4.78, 5) is 61.0. The number of nitrogens with one attached hydrogen (secondary N) is 2. The number of rotatable bonds is 12. The fourth-order valence-electron chi connectivity index (χ4n) is 3.40. The summed E-state index contributed by atoms with van der Waals surface area (Å²) in [7, 11) is 1.60. The molecule has 0 aliphatic rings. The van der Waals surface area contributed by atoms with E-state index in [1.165, 1.54) is 13.8 Å². The fraction of sp³-hybridized carbons (Fsp3) is 0.423. The smallest absolute Gasteiger partial charge is 0.329 e. The number of ether oxygens (including phenoxy) is 2. The van der Waals surface area contributed by atoms with Gasteiger partial charge in [-0.25, -0.2) is 4.79 Å². The van der Waals surface area contributed by atoms with E-state index in [0.717, 1.165) is 45.6 Å². The second-order valence-electron chi connectivity index (χ2n) is 8.21. The van der Waals surface area contributed by atoms with Crippen LogP contribution in [0.25, 0.3) is 10.8 Å². The third kappa shape index (κ3) is 9.40. The molecule has 2 rings (SSSR count). The maximum atomic E-state index is 12.9. The standard InChI is InChI=1S/C26H32N2O7S2/c1-6-35-24(31)22(27-16(3)29)13-37-26(33)23(28-17(4)30)14-36-25(32)15(2)18-7-8-20-12-21(34-5)10-9-19(20)11-18/h7-12,15,22-23H,6,13-14H2,1-5H3,(H,27,29)(H,28,30)/t15-,22?,23?/m0/s1. The van der Waals surface area contributed by atoms with Gasteiger partial charge < -0.3 is 20.1 Å². The van der Waals surface area contributed by atoms with Gasteiger partial charge in [-0.2, -0.15) is 0 Å². The number of esters is 1. The number of hydrogen-bond donors (Lipinski definition) is 2. The van der Waals surface area contributed by atoms with Gasteiger partial charge in [0.2, 0.25) is 16.9 Å². The van der Waals surface area contributed by atoms with Gasteiger partial charge in [0, 0.05) is 25.4 Å². The number of amides is 2. The Balaban J connectivity index is 2.04. The van der Waals surface area contributed by atoms with Gasteiger partial charge in [0.05, 0.1) is 19.6 Å². The van der Waals surface area contributed by atoms with E-state index >= 15 is 0 Å². The zero-order chi connectivity index (χ0) is 27.5. The molecule has 2 unspecified atom stereocenters. The van der Waals surface area contributed by atoms with Crippen molar-refractivity contribution in [3.05, 3.63) is 42.0 Å². The van der Waals surface area contributed by atoms with Crippen LogP contribution in [0, 0.1) is 0 Å². The Morgan fingerprint density at radius 3 is 2.03 bits per heavy atom. The number of fused-ring (bicyclic) bond motifs is 1. The van der Waals surface area contributed by atoms with Gasteiger partial charge >= 0.3 is 5.97 Å². The molecule has 9 nitrogen and oxygen atoms in total. The van der Waals surface area contributed by atoms with Crippen LogP contribution in [0.4, 0.5) is 0 Å². The van der Waals surface area contributed by atoms with Crippen LogP contribution in [0.1, 0.15) is 39.2 Å². The molecule has 11 heteroatoms. The van der Waals surface area contributed by atoms with Crippen LogP contribution in [0.5, 0.6) is 5.75 Å². The lowest BCUT2D eigenvalue weighted by atomic mass is 9.99. The molecule has 2 N–H and O–H groups in total. The van der Waals surface area contributed by atoms with Crippen molar-refractivity contribution in [2.75, 3.05) is 25.2 Å². The molecule has 0 saturated heterocycles. The van der Waals surface area contributed by atoms with E-state index < -0.39 is 40.9 Å². The molecule has 0 aliphatic carbocycles. The summed E-state index contributed by atoms with van der Waals surface area (Å²) >= 11 is 1.75. The molecule has 0 aliphatic heterocycles. The molecule has 37 heavy (non-hydrogen) atoms. The third-order valence-corrected chi connectivity index (χ3v) is 7.53. The first-order chi connectivity index (χ1) is 17.5. The molecule has 2 aromatic rings. The lowest BCUT2D eigenvalue weighted by Crippen LogP contribution is -2.44. The van der Waals surface area contributed by atoms with Crippen molar-refractivity contribution in [1.29, 1.82) is 0 Å². The summed E-state index contributed by atoms with van der Waals surface area (Å²) in [6.45, 7) is 6.10. The molecule has 0 radical (unpaired) electrons. The fourth-order valence-corrected chi connectivity index (χ4v) is 5.35. The van der Waals surface area contributed by atoms with E-state index in [1.807, 2.05) is 36.4 Å². The van der Waals surface area contributed by atoms with E-state index in [0.29, 0.717) is 0 Å². The quantitative estimate of drug-likeness (QED) is 0.385. The van der Waals surface area contributed by atoms with Crippen molar-refractivity contribution in [3.63, 3.8) is 0 Å². The normalized spacial score (nSPS) is 13.2. The Morgan fingerprint density at radius 2 is 1.41 bits per heavy atom. The first-order valence-electron chi connectivity index (χ1n) is 11.7. The monoisotopic (exact) mass is 548 g/mol. The maximum Gasteiger partial charge on any atom is 0.329 e. The number of benzene rings is 2. The van der Waals surface area contributed by atoms with Gasteiger partial charge in [-0.05, 0) is 35.4 Å². The minimum absolute atomic E-state index is 0.0313. The maximum absolute atomic E-state index is 12.9. The van der Waals surface area contributed by atoms with Crippen molar-refractivity contribution in [2.45, 2.75) is 45.7 Å². The molecule has 2 aromatic carbocycles. The Hall–Kier alpha value is -3.05. The van der Waals surface area contributed by atoms with Crippen LogP contribution >= 0.6 is 23.5 Å². The van der Waals surface area contributed by atoms with Crippen LogP contribution in [0.2, 0.25) is 0 Å². The first kappa shape index (κ1) is 30.2. The Kier molecular flexibility index (Phi) is 11.9. The summed E-state index contributed by atoms with van der Waals surface area (Å²) in [6.07, 6.45) is 0. The van der Waals surface area contributed by atoms with Gasteiger partial charge in [0.1, 0.15) is 17.8 Å². The number of thioether (sulfide) groups is 2. The number of carbonyl (C=O) groups is 5. The lowest BCUT2D eigenvalue weighted by Gasteiger charge is -2.19. The number of hydrogen-bond acceptors (Lipinski definition) is 9. The summed E-state index contributed by atoms with van der Waals surface area (Å²) in [5.41, 5.74) is 0.833. The first-order valence-corrected chi connectivity index (χ1v) is 13.6. The third-order valence-electron chi connectivity index (χ3n) is 5.32. The van der Waals surface area contributed by atoms with Crippen LogP contribution in [-0.2, 0) is 28.7 Å². The largest absolute Gasteiger partial charge is 0.497 e. The SMILES string of the molecule is CCOC(=O)C(CSC(=O)C(CSC(=O)[C@@H](C)c1ccc2cc(OC)ccc2c1)NC(C)=O)NC(C)=O. The highest BCUT2D eigenvalue weighted by Crippen LogP contribution is 2.28. The van der Waals surface area contributed by atoms with Crippen LogP contribution in [0.3, 0.4) is 0 Å². The zero-order valence-electron chi connectivity index (χ0n) is 21.5. The van der Waals surface area contributed by atoms with E-state index in [1.54, 1.807) is 21.0 Å². The van der Waals surface area contributed by atoms with E-state index in [9.17, 15) is 24.0 Å². The van der Waals surface area contributed by atoms with E-state index in [2.05, 4.69) is 10.6 Å². The topological polar surface area (TPSA) is 128 Å². The molecule has 0 fully saturated rings. The van der Waals surface area contributed by atoms with Crippen LogP contribution in [-0.4, -0.2) is 65.3 Å². The van der Waals surface area contributed by atoms with E-state index in [-0.39, 0.29) is 23.2 Å². The van der Waals surface area contributed by atoms with Crippen LogP contribution < -0.4 is 15.4 Å². The van der Waals surface area contributed by atoms with Gasteiger partial charge in [-0.3, -0.25) is 19.2 Å². The van der Waals surface area contributed by atoms with Crippen molar-refractivity contribution < 1.29 is 33.4 Å². The summed E-state index contributed by atoms with van der Waals surface area (Å²) < 4.78 is 10.2. The van der Waals surface area contributed by atoms with Crippen LogP contribution in [0.15, 0.2) is 36.4 Å². The average molecular weight is 549 g/mol. The van der Waals surface area contributed by atoms with Gasteiger partial charge in [-0.1, -0.05) is 54.7 Å². The molecule has 0 spiro atoms. The number of carbonyl (C=O) groups excluding carboxylic acids is 5. The van der Waals surface area contributed by atoms with Gasteiger partial charge in [0.15, 0.2) is 5.12 Å². The van der Waals surface area contributed by atoms with E-state index in [4.69, 9.17) is 9.47 Å². The van der Waals surface area contributed by atoms with Gasteiger partial charge in [0.25, 0.3) is 0 Å². The minimum atomic E-state index is -1.01. The second-order valence-corrected chi connectivity index (χ2v) is 10.3. The lowest BCUT2D eigenvalue weighted by molar-refractivity contribution is -0.146. The molecular formula is C26H32N2O7S2. The molecule has 3 atom stereocenters. The zero-order valence-corrected chi connectivity index (χ0v) is 23.1. The molecule has 0 saturated carbocycles. The highest BCUT2D eigenvalue weighted by atomic mass is 32.2. The molecule has 0 bridgehead atoms. The minimum Gasteiger partial charge on any atom is -0.497 e. The molecular weight excluding hydrogens is 516 g/mol. The highest BCUT2D eigenvalue weighted by Gasteiger charge is 2.27. The summed E-state index contributed by atoms with van der Waals surface area (Å²) in [5, 5.41) is 6.42. The Bertz CT molecular complexity index is 1150. The molecule has 2 amide bonds. The van der Waals surface area contributed by atoms with Crippen molar-refractivity contribution >= 4 is 62.3 Å². The Morgan fingerprint density at radius 1 is 0.838 bits per heavy atom. The predicted octanol–water partition coefficient (Wildman–Crippen LogP) is 3.04. The average Bonchev–Trinajstić information content (AvgIpc) is 2.87. The summed E-state index contributed by atoms with van der Waals surface area (Å²) in [6, 6.07) is 9.50. The van der Waals surface area contributed by atoms with Crippen molar-refractivity contribution in [1.82, 2.24) is 10.6 Å². The molecule has 0 aromatic heterocycles.